The number of piperidine rings is 1. The van der Waals surface area contributed by atoms with Crippen LogP contribution in [0.2, 0.25) is 10.0 Å². The monoisotopic (exact) mass is 566 g/mol. The Balaban J connectivity index is 1.54. The van der Waals surface area contributed by atoms with Crippen LogP contribution in [0.5, 0.6) is 0 Å². The van der Waals surface area contributed by atoms with Gasteiger partial charge in [0.15, 0.2) is 0 Å². The van der Waals surface area contributed by atoms with E-state index in [0.717, 1.165) is 10.1 Å². The minimum absolute atomic E-state index is 0.0673. The van der Waals surface area contributed by atoms with Crippen molar-refractivity contribution in [3.8, 4) is 0 Å². The largest absolute Gasteiger partial charge is 0.460 e. The average molecular weight is 568 g/mol. The van der Waals surface area contributed by atoms with Crippen molar-refractivity contribution in [1.82, 2.24) is 10.2 Å². The van der Waals surface area contributed by atoms with Crippen molar-refractivity contribution >= 4 is 68.5 Å². The fraction of sp³-hybridized carbons (Fsp3) is 0.536. The third kappa shape index (κ3) is 8.45. The summed E-state index contributed by atoms with van der Waals surface area (Å²) in [6.45, 7) is 10.6. The Bertz CT molecular complexity index is 1160. The molecule has 0 bridgehead atoms. The summed E-state index contributed by atoms with van der Waals surface area (Å²) in [6.07, 6.45) is 5.18. The summed E-state index contributed by atoms with van der Waals surface area (Å²) >= 11 is 14.3. The molecule has 3 rings (SSSR count). The number of fused-ring (bicyclic) bond motifs is 1. The van der Waals surface area contributed by atoms with Crippen molar-refractivity contribution in [2.45, 2.75) is 71.9 Å². The summed E-state index contributed by atoms with van der Waals surface area (Å²) in [5.41, 5.74) is 0.132. The zero-order valence-corrected chi connectivity index (χ0v) is 24.4. The Morgan fingerprint density at radius 1 is 1.19 bits per heavy atom. The number of halogens is 2. The van der Waals surface area contributed by atoms with Gasteiger partial charge in [-0.25, -0.2) is 0 Å². The second kappa shape index (κ2) is 12.6. The fourth-order valence-electron chi connectivity index (χ4n) is 4.48. The molecule has 1 aromatic carbocycles. The highest BCUT2D eigenvalue weighted by Crippen LogP contribution is 2.37. The molecule has 9 heteroatoms. The lowest BCUT2D eigenvalue weighted by atomic mass is 9.94. The Morgan fingerprint density at radius 2 is 1.86 bits per heavy atom. The molecule has 0 saturated carbocycles. The Labute approximate surface area is 233 Å². The van der Waals surface area contributed by atoms with Gasteiger partial charge in [0, 0.05) is 31.1 Å². The Hall–Kier alpha value is -2.09. The van der Waals surface area contributed by atoms with Gasteiger partial charge in [0.05, 0.1) is 21.2 Å². The van der Waals surface area contributed by atoms with E-state index in [9.17, 15) is 14.4 Å². The number of rotatable bonds is 8. The molecular weight excluding hydrogens is 531 g/mol. The van der Waals surface area contributed by atoms with Gasteiger partial charge < -0.3 is 15.0 Å². The maximum atomic E-state index is 13.0. The first-order valence-electron chi connectivity index (χ1n) is 12.7. The molecule has 1 fully saturated rings. The second-order valence-corrected chi connectivity index (χ2v) is 12.7. The molecule has 1 saturated heterocycles. The van der Waals surface area contributed by atoms with Gasteiger partial charge in [0.2, 0.25) is 11.8 Å². The van der Waals surface area contributed by atoms with Crippen molar-refractivity contribution in [2.75, 3.05) is 13.1 Å². The molecule has 6 nitrogen and oxygen atoms in total. The highest BCUT2D eigenvalue weighted by atomic mass is 35.5. The summed E-state index contributed by atoms with van der Waals surface area (Å²) in [4.78, 5) is 39.9. The van der Waals surface area contributed by atoms with Crippen molar-refractivity contribution in [3.05, 3.63) is 39.2 Å². The molecule has 0 radical (unpaired) electrons. The van der Waals surface area contributed by atoms with E-state index < -0.39 is 5.60 Å². The number of hydrogen-bond acceptors (Lipinski definition) is 5. The van der Waals surface area contributed by atoms with Gasteiger partial charge in [-0.1, -0.05) is 37.0 Å². The minimum Gasteiger partial charge on any atom is -0.460 e. The summed E-state index contributed by atoms with van der Waals surface area (Å²) in [6, 6.07) is 3.61. The first-order valence-corrected chi connectivity index (χ1v) is 14.3. The number of carbonyl (C=O) groups is 3. The van der Waals surface area contributed by atoms with Gasteiger partial charge in [-0.15, -0.1) is 11.3 Å². The molecule has 0 aliphatic carbocycles. The lowest BCUT2D eigenvalue weighted by molar-refractivity contribution is -0.155. The molecule has 2 amide bonds. The van der Waals surface area contributed by atoms with E-state index in [4.69, 9.17) is 27.9 Å². The smallest absolute Gasteiger partial charge is 0.308 e. The fourth-order valence-corrected chi connectivity index (χ4v) is 5.92. The van der Waals surface area contributed by atoms with Crippen LogP contribution in [0.4, 0.5) is 0 Å². The van der Waals surface area contributed by atoms with E-state index in [1.54, 1.807) is 11.0 Å². The van der Waals surface area contributed by atoms with E-state index in [-0.39, 0.29) is 36.2 Å². The SMILES string of the molecule is CC(C)C[C@@H](CC(=O)OC(C)(C)C)NC(=O)C1CCN(C(=O)/C=C/c2cc3ccsc3c(Cl)c2Cl)CC1. The lowest BCUT2D eigenvalue weighted by Gasteiger charge is -2.32. The van der Waals surface area contributed by atoms with Crippen molar-refractivity contribution in [2.24, 2.45) is 11.8 Å². The third-order valence-corrected chi connectivity index (χ3v) is 8.11. The van der Waals surface area contributed by atoms with E-state index >= 15 is 0 Å². The average Bonchev–Trinajstić information content (AvgIpc) is 3.27. The zero-order valence-electron chi connectivity index (χ0n) is 22.1. The predicted molar refractivity (Wildman–Crippen MR) is 152 cm³/mol. The third-order valence-electron chi connectivity index (χ3n) is 6.17. The minimum atomic E-state index is -0.564. The predicted octanol–water partition coefficient (Wildman–Crippen LogP) is 6.72. The van der Waals surface area contributed by atoms with E-state index in [0.29, 0.717) is 53.9 Å². The Kier molecular flexibility index (Phi) is 10.1. The van der Waals surface area contributed by atoms with Crippen LogP contribution in [-0.4, -0.2) is 47.4 Å². The van der Waals surface area contributed by atoms with Crippen molar-refractivity contribution in [1.29, 1.82) is 0 Å². The van der Waals surface area contributed by atoms with Crippen LogP contribution in [0.3, 0.4) is 0 Å². The molecule has 0 unspecified atom stereocenters. The van der Waals surface area contributed by atoms with Crippen LogP contribution < -0.4 is 5.32 Å². The molecular formula is C28H36Cl2N2O4S. The summed E-state index contributed by atoms with van der Waals surface area (Å²) < 4.78 is 6.38. The van der Waals surface area contributed by atoms with Gasteiger partial charge in [0.25, 0.3) is 0 Å². The van der Waals surface area contributed by atoms with Gasteiger partial charge in [-0.05, 0) is 80.5 Å². The molecule has 1 N–H and O–H groups in total. The standard InChI is InChI=1S/C28H36Cl2N2O4S/c1-17(2)14-21(16-23(34)36-28(3,4)5)31-27(35)18-8-11-32(12-9-18)22(33)7-6-19-15-20-10-13-37-26(20)25(30)24(19)29/h6-7,10,13,15,17-18,21H,8-9,11-12,14,16H2,1-5H3,(H,31,35)/b7-6+/t21-/m0/s1. The number of nitrogens with one attached hydrogen (secondary N) is 1. The number of thiophene rings is 1. The molecule has 1 aromatic heterocycles. The number of amides is 2. The van der Waals surface area contributed by atoms with E-state index in [2.05, 4.69) is 19.2 Å². The van der Waals surface area contributed by atoms with Gasteiger partial charge in [-0.2, -0.15) is 0 Å². The van der Waals surface area contributed by atoms with Crippen molar-refractivity contribution in [3.63, 3.8) is 0 Å². The summed E-state index contributed by atoms with van der Waals surface area (Å²) in [5, 5.41) is 6.93. The van der Waals surface area contributed by atoms with Crippen LogP contribution in [0.15, 0.2) is 23.6 Å². The highest BCUT2D eigenvalue weighted by Gasteiger charge is 2.29. The molecule has 0 spiro atoms. The van der Waals surface area contributed by atoms with Crippen LogP contribution >= 0.6 is 34.5 Å². The Morgan fingerprint density at radius 3 is 2.49 bits per heavy atom. The summed E-state index contributed by atoms with van der Waals surface area (Å²) in [7, 11) is 0. The van der Waals surface area contributed by atoms with Crippen molar-refractivity contribution < 1.29 is 19.1 Å². The number of ether oxygens (including phenoxy) is 1. The van der Waals surface area contributed by atoms with Gasteiger partial charge >= 0.3 is 5.97 Å². The number of carbonyl (C=O) groups excluding carboxylic acids is 3. The van der Waals surface area contributed by atoms with E-state index in [1.807, 2.05) is 38.3 Å². The second-order valence-electron chi connectivity index (χ2n) is 11.0. The molecule has 37 heavy (non-hydrogen) atoms. The van der Waals surface area contributed by atoms with Gasteiger partial charge in [-0.3, -0.25) is 14.4 Å². The number of hydrogen-bond donors (Lipinski definition) is 1. The molecule has 1 aliphatic heterocycles. The first kappa shape index (κ1) is 29.5. The zero-order chi connectivity index (χ0) is 27.3. The van der Waals surface area contributed by atoms with Crippen LogP contribution in [0, 0.1) is 11.8 Å². The maximum Gasteiger partial charge on any atom is 0.308 e. The van der Waals surface area contributed by atoms with Crippen LogP contribution in [0.25, 0.3) is 16.2 Å². The number of esters is 1. The van der Waals surface area contributed by atoms with Crippen LogP contribution in [-0.2, 0) is 19.1 Å². The van der Waals surface area contributed by atoms with E-state index in [1.165, 1.54) is 17.4 Å². The molecule has 1 aliphatic rings. The van der Waals surface area contributed by atoms with Gasteiger partial charge in [0.1, 0.15) is 5.60 Å². The molecule has 1 atom stereocenters. The quantitative estimate of drug-likeness (QED) is 0.284. The molecule has 202 valence electrons. The maximum absolute atomic E-state index is 13.0. The summed E-state index contributed by atoms with van der Waals surface area (Å²) in [5.74, 6) is -0.384. The number of likely N-dealkylation sites (tertiary alicyclic amines) is 1. The normalized spacial score (nSPS) is 15.9. The highest BCUT2D eigenvalue weighted by molar-refractivity contribution is 7.18. The topological polar surface area (TPSA) is 75.7 Å². The number of nitrogens with zero attached hydrogens (tertiary/aromatic N) is 1. The number of benzene rings is 1. The molecule has 2 aromatic rings. The van der Waals surface area contributed by atoms with Crippen LogP contribution in [0.1, 0.15) is 65.9 Å². The lowest BCUT2D eigenvalue weighted by Crippen LogP contribution is -2.46. The first-order chi connectivity index (χ1) is 17.3. The molecule has 2 heterocycles.